The van der Waals surface area contributed by atoms with Gasteiger partial charge in [0.25, 0.3) is 11.8 Å². The molecule has 1 aromatic carbocycles. The summed E-state index contributed by atoms with van der Waals surface area (Å²) in [5, 5.41) is 5.75. The Kier molecular flexibility index (Phi) is 11.1. The van der Waals surface area contributed by atoms with Crippen molar-refractivity contribution in [2.45, 2.75) is 33.2 Å². The second-order valence-corrected chi connectivity index (χ2v) is 8.29. The zero-order chi connectivity index (χ0) is 24.9. The lowest BCUT2D eigenvalue weighted by Crippen LogP contribution is -2.50. The first kappa shape index (κ1) is 26.9. The number of carbonyl (C=O) groups is 3. The highest BCUT2D eigenvalue weighted by molar-refractivity contribution is 9.09. The molecule has 0 aromatic heterocycles. The van der Waals surface area contributed by atoms with Crippen LogP contribution in [0.5, 0.6) is 0 Å². The second kappa shape index (κ2) is 14.0. The third-order valence-electron chi connectivity index (χ3n) is 4.73. The SMILES string of the molecule is CCONC(=O)C(NC(=O)C1=CCC(C#CC#Cc2ccc(NC(=O)CBr)cc2)C=C1)C(C)C. The molecule has 0 spiro atoms. The van der Waals surface area contributed by atoms with E-state index < -0.39 is 6.04 Å². The summed E-state index contributed by atoms with van der Waals surface area (Å²) < 4.78 is 0. The van der Waals surface area contributed by atoms with Gasteiger partial charge in [-0.15, -0.1) is 0 Å². The maximum Gasteiger partial charge on any atom is 0.266 e. The van der Waals surface area contributed by atoms with Crippen molar-refractivity contribution in [3.63, 3.8) is 0 Å². The van der Waals surface area contributed by atoms with E-state index in [4.69, 9.17) is 4.84 Å². The van der Waals surface area contributed by atoms with Crippen molar-refractivity contribution in [2.75, 3.05) is 17.3 Å². The van der Waals surface area contributed by atoms with Gasteiger partial charge in [-0.2, -0.15) is 0 Å². The number of hydrogen-bond acceptors (Lipinski definition) is 4. The quantitative estimate of drug-likeness (QED) is 0.276. The lowest BCUT2D eigenvalue weighted by molar-refractivity contribution is -0.138. The van der Waals surface area contributed by atoms with Gasteiger partial charge in [0.1, 0.15) is 6.04 Å². The predicted octanol–water partition coefficient (Wildman–Crippen LogP) is 3.09. The zero-order valence-electron chi connectivity index (χ0n) is 19.4. The molecular formula is C26H28BrN3O4. The van der Waals surface area contributed by atoms with Crippen LogP contribution in [0.3, 0.4) is 0 Å². The van der Waals surface area contributed by atoms with Crippen LogP contribution in [0.15, 0.2) is 48.1 Å². The van der Waals surface area contributed by atoms with Gasteiger partial charge in [0.05, 0.1) is 11.9 Å². The second-order valence-electron chi connectivity index (χ2n) is 7.73. The van der Waals surface area contributed by atoms with E-state index in [-0.39, 0.29) is 34.9 Å². The highest BCUT2D eigenvalue weighted by atomic mass is 79.9. The fourth-order valence-corrected chi connectivity index (χ4v) is 3.07. The van der Waals surface area contributed by atoms with Crippen molar-refractivity contribution in [1.82, 2.24) is 10.8 Å². The Bertz CT molecular complexity index is 1070. The van der Waals surface area contributed by atoms with E-state index in [0.29, 0.717) is 24.3 Å². The van der Waals surface area contributed by atoms with Crippen molar-refractivity contribution < 1.29 is 19.2 Å². The van der Waals surface area contributed by atoms with Crippen molar-refractivity contribution in [1.29, 1.82) is 0 Å². The van der Waals surface area contributed by atoms with E-state index in [1.807, 2.05) is 32.1 Å². The maximum atomic E-state index is 12.6. The molecular weight excluding hydrogens is 498 g/mol. The van der Waals surface area contributed by atoms with E-state index in [9.17, 15) is 14.4 Å². The molecule has 0 bridgehead atoms. The summed E-state index contributed by atoms with van der Waals surface area (Å²) in [7, 11) is 0. The molecule has 1 aliphatic carbocycles. The summed E-state index contributed by atoms with van der Waals surface area (Å²) in [6, 6.07) is 6.49. The smallest absolute Gasteiger partial charge is 0.266 e. The van der Waals surface area contributed by atoms with Gasteiger partial charge in [-0.1, -0.05) is 59.8 Å². The maximum absolute atomic E-state index is 12.6. The molecule has 2 unspecified atom stereocenters. The molecule has 0 fully saturated rings. The van der Waals surface area contributed by atoms with Crippen LogP contribution in [0, 0.1) is 35.5 Å². The minimum absolute atomic E-state index is 0.0464. The Labute approximate surface area is 208 Å². The third-order valence-corrected chi connectivity index (χ3v) is 5.24. The number of halogens is 1. The van der Waals surface area contributed by atoms with E-state index in [1.165, 1.54) is 0 Å². The Morgan fingerprint density at radius 1 is 1.18 bits per heavy atom. The molecule has 1 aromatic rings. The van der Waals surface area contributed by atoms with E-state index in [2.05, 4.69) is 55.7 Å². The minimum Gasteiger partial charge on any atom is -0.340 e. The Morgan fingerprint density at radius 3 is 2.50 bits per heavy atom. The summed E-state index contributed by atoms with van der Waals surface area (Å²) in [6.07, 6.45) is 5.95. The van der Waals surface area contributed by atoms with Crippen LogP contribution in [-0.2, 0) is 19.2 Å². The van der Waals surface area contributed by atoms with Gasteiger partial charge < -0.3 is 10.6 Å². The fraction of sp³-hybridized carbons (Fsp3) is 0.346. The highest BCUT2D eigenvalue weighted by Crippen LogP contribution is 2.16. The number of carbonyl (C=O) groups excluding carboxylic acids is 3. The van der Waals surface area contributed by atoms with E-state index in [1.54, 1.807) is 31.2 Å². The zero-order valence-corrected chi connectivity index (χ0v) is 21.0. The number of nitrogens with one attached hydrogen (secondary N) is 3. The van der Waals surface area contributed by atoms with E-state index in [0.717, 1.165) is 5.56 Å². The van der Waals surface area contributed by atoms with Gasteiger partial charge in [-0.05, 0) is 55.4 Å². The first-order valence-corrected chi connectivity index (χ1v) is 12.0. The first-order chi connectivity index (χ1) is 16.3. The molecule has 8 heteroatoms. The average molecular weight is 526 g/mol. The summed E-state index contributed by atoms with van der Waals surface area (Å²) in [5.74, 6) is 10.7. The number of benzene rings is 1. The Balaban J connectivity index is 1.89. The van der Waals surface area contributed by atoms with Gasteiger partial charge in [0.15, 0.2) is 0 Å². The van der Waals surface area contributed by atoms with Gasteiger partial charge in [0.2, 0.25) is 5.91 Å². The largest absolute Gasteiger partial charge is 0.340 e. The molecule has 0 heterocycles. The van der Waals surface area contributed by atoms with Gasteiger partial charge in [-0.25, -0.2) is 5.48 Å². The number of anilines is 1. The molecule has 3 N–H and O–H groups in total. The monoisotopic (exact) mass is 525 g/mol. The van der Waals surface area contributed by atoms with E-state index >= 15 is 0 Å². The van der Waals surface area contributed by atoms with Crippen LogP contribution in [0.1, 0.15) is 32.8 Å². The van der Waals surface area contributed by atoms with Crippen molar-refractivity contribution in [3.05, 3.63) is 53.6 Å². The van der Waals surface area contributed by atoms with Crippen LogP contribution in [-0.4, -0.2) is 35.7 Å². The summed E-state index contributed by atoms with van der Waals surface area (Å²) >= 11 is 3.10. The lowest BCUT2D eigenvalue weighted by atomic mass is 9.96. The number of rotatable bonds is 8. The van der Waals surface area contributed by atoms with Crippen molar-refractivity contribution >= 4 is 39.3 Å². The Morgan fingerprint density at radius 2 is 1.91 bits per heavy atom. The molecule has 34 heavy (non-hydrogen) atoms. The molecule has 178 valence electrons. The number of hydroxylamine groups is 1. The van der Waals surface area contributed by atoms with Crippen LogP contribution >= 0.6 is 15.9 Å². The fourth-order valence-electron chi connectivity index (χ4n) is 2.93. The number of alkyl halides is 1. The van der Waals surface area contributed by atoms with Gasteiger partial charge in [-0.3, -0.25) is 19.2 Å². The predicted molar refractivity (Wildman–Crippen MR) is 135 cm³/mol. The van der Waals surface area contributed by atoms with Gasteiger partial charge >= 0.3 is 0 Å². The molecule has 3 amide bonds. The Hall–Kier alpha value is -3.33. The van der Waals surface area contributed by atoms with Crippen LogP contribution < -0.4 is 16.1 Å². The molecule has 0 saturated heterocycles. The number of hydrogen-bond donors (Lipinski definition) is 3. The lowest BCUT2D eigenvalue weighted by Gasteiger charge is -2.22. The summed E-state index contributed by atoms with van der Waals surface area (Å²) in [4.78, 5) is 41.1. The first-order valence-electron chi connectivity index (χ1n) is 10.9. The highest BCUT2D eigenvalue weighted by Gasteiger charge is 2.25. The van der Waals surface area contributed by atoms with Crippen LogP contribution in [0.2, 0.25) is 0 Å². The molecule has 7 nitrogen and oxygen atoms in total. The molecule has 2 atom stereocenters. The molecule has 1 aliphatic rings. The number of allylic oxidation sites excluding steroid dienone is 2. The molecule has 2 rings (SSSR count). The normalized spacial score (nSPS) is 15.1. The average Bonchev–Trinajstić information content (AvgIpc) is 2.84. The topological polar surface area (TPSA) is 96.5 Å². The summed E-state index contributed by atoms with van der Waals surface area (Å²) in [5.41, 5.74) is 4.33. The minimum atomic E-state index is -0.698. The van der Waals surface area contributed by atoms with Crippen molar-refractivity contribution in [2.24, 2.45) is 11.8 Å². The molecule has 0 aliphatic heterocycles. The number of amides is 3. The van der Waals surface area contributed by atoms with Gasteiger partial charge in [0, 0.05) is 22.7 Å². The summed E-state index contributed by atoms with van der Waals surface area (Å²) in [6.45, 7) is 5.81. The third kappa shape index (κ3) is 8.90. The van der Waals surface area contributed by atoms with Crippen molar-refractivity contribution in [3.8, 4) is 23.7 Å². The van der Waals surface area contributed by atoms with Crippen LogP contribution in [0.25, 0.3) is 0 Å². The van der Waals surface area contributed by atoms with Crippen LogP contribution in [0.4, 0.5) is 5.69 Å². The molecule has 0 saturated carbocycles. The standard InChI is InChI=1S/C26H28BrN3O4/c1-4-34-30-26(33)24(18(2)3)29-25(32)21-13-9-19(10-14-21)7-5-6-8-20-11-15-22(16-12-20)28-23(31)17-27/h9,11-16,18-19,24H,4,10,17H2,1-3H3,(H,28,31)(H,29,32)(H,30,33). The molecule has 0 radical (unpaired) electrons.